The lowest BCUT2D eigenvalue weighted by Crippen LogP contribution is -1.89. The number of nitrogens with two attached hydrogens (primary N) is 1. The van der Waals surface area contributed by atoms with E-state index in [0.717, 1.165) is 0 Å². The second kappa shape index (κ2) is 3.06. The number of oxazole rings is 1. The topological polar surface area (TPSA) is 64.9 Å². The van der Waals surface area contributed by atoms with Crippen molar-refractivity contribution in [3.63, 3.8) is 0 Å². The van der Waals surface area contributed by atoms with Gasteiger partial charge in [0.15, 0.2) is 0 Å². The van der Waals surface area contributed by atoms with E-state index < -0.39 is 0 Å². The lowest BCUT2D eigenvalue weighted by atomic mass is 10.3. The van der Waals surface area contributed by atoms with E-state index in [9.17, 15) is 0 Å². The van der Waals surface area contributed by atoms with Gasteiger partial charge in [-0.15, -0.1) is 0 Å². The minimum Gasteiger partial charge on any atom is -0.443 e. The fraction of sp³-hybridized carbons (Fsp3) is 0. The van der Waals surface area contributed by atoms with Gasteiger partial charge in [0.2, 0.25) is 5.89 Å². The first kappa shape index (κ1) is 8.07. The summed E-state index contributed by atoms with van der Waals surface area (Å²) in [7, 11) is 0. The number of aromatic nitrogens is 2. The Bertz CT molecular complexity index is 413. The Labute approximate surface area is 79.4 Å². The normalized spacial score (nSPS) is 10.2. The van der Waals surface area contributed by atoms with Crippen LogP contribution in [0.25, 0.3) is 11.6 Å². The molecule has 0 fully saturated rings. The van der Waals surface area contributed by atoms with Gasteiger partial charge in [0.25, 0.3) is 0 Å². The van der Waals surface area contributed by atoms with Crippen molar-refractivity contribution in [2.24, 2.45) is 0 Å². The summed E-state index contributed by atoms with van der Waals surface area (Å²) in [6.45, 7) is 0. The van der Waals surface area contributed by atoms with Gasteiger partial charge in [-0.25, -0.2) is 9.97 Å². The molecule has 0 aliphatic carbocycles. The zero-order valence-electron chi connectivity index (χ0n) is 6.57. The van der Waals surface area contributed by atoms with Crippen molar-refractivity contribution >= 4 is 17.3 Å². The molecule has 4 nitrogen and oxygen atoms in total. The van der Waals surface area contributed by atoms with E-state index in [-0.39, 0.29) is 0 Å². The molecule has 0 aromatic carbocycles. The first-order valence-corrected chi connectivity index (χ1v) is 3.96. The molecule has 5 heteroatoms. The van der Waals surface area contributed by atoms with Crippen molar-refractivity contribution in [1.29, 1.82) is 0 Å². The molecule has 2 aromatic heterocycles. The van der Waals surface area contributed by atoms with Crippen LogP contribution in [-0.2, 0) is 0 Å². The van der Waals surface area contributed by atoms with Gasteiger partial charge in [0.05, 0.1) is 23.1 Å². The quantitative estimate of drug-likeness (QED) is 0.756. The summed E-state index contributed by atoms with van der Waals surface area (Å²) < 4.78 is 5.04. The molecule has 0 saturated carbocycles. The number of rotatable bonds is 1. The van der Waals surface area contributed by atoms with Gasteiger partial charge in [-0.3, -0.25) is 0 Å². The van der Waals surface area contributed by atoms with Crippen LogP contribution in [0, 0.1) is 0 Å². The fourth-order valence-corrected chi connectivity index (χ4v) is 1.21. The van der Waals surface area contributed by atoms with E-state index in [4.69, 9.17) is 21.8 Å². The number of anilines is 1. The van der Waals surface area contributed by atoms with Crippen LogP contribution >= 0.6 is 11.6 Å². The molecule has 0 atom stereocenters. The number of halogens is 1. The van der Waals surface area contributed by atoms with Gasteiger partial charge in [-0.1, -0.05) is 11.6 Å². The Morgan fingerprint density at radius 3 is 2.85 bits per heavy atom. The Morgan fingerprint density at radius 2 is 2.23 bits per heavy atom. The number of nitrogen functional groups attached to an aromatic ring is 1. The third kappa shape index (κ3) is 1.48. The molecule has 2 aromatic rings. The molecular weight excluding hydrogens is 190 g/mol. The summed E-state index contributed by atoms with van der Waals surface area (Å²) in [6, 6.07) is 1.61. The minimum atomic E-state index is 0.394. The smallest absolute Gasteiger partial charge is 0.246 e. The van der Waals surface area contributed by atoms with Crippen LogP contribution in [0.3, 0.4) is 0 Å². The zero-order chi connectivity index (χ0) is 9.26. The van der Waals surface area contributed by atoms with Crippen LogP contribution in [-0.4, -0.2) is 9.97 Å². The molecule has 66 valence electrons. The molecule has 0 saturated heterocycles. The second-order valence-electron chi connectivity index (χ2n) is 2.44. The van der Waals surface area contributed by atoms with E-state index in [1.54, 1.807) is 6.07 Å². The van der Waals surface area contributed by atoms with Crippen molar-refractivity contribution in [2.45, 2.75) is 0 Å². The van der Waals surface area contributed by atoms with Crippen LogP contribution in [0.5, 0.6) is 0 Å². The summed E-state index contributed by atoms with van der Waals surface area (Å²) in [5, 5.41) is 0.433. The predicted octanol–water partition coefficient (Wildman–Crippen LogP) is 1.97. The Balaban J connectivity index is 2.53. The SMILES string of the molecule is Nc1cnc(-c2ncco2)c(Cl)c1. The number of hydrogen-bond donors (Lipinski definition) is 1. The summed E-state index contributed by atoms with van der Waals surface area (Å²) in [4.78, 5) is 7.93. The molecule has 0 bridgehead atoms. The van der Waals surface area contributed by atoms with Gasteiger partial charge < -0.3 is 10.2 Å². The molecule has 0 radical (unpaired) electrons. The highest BCUT2D eigenvalue weighted by molar-refractivity contribution is 6.33. The predicted molar refractivity (Wildman–Crippen MR) is 49.2 cm³/mol. The summed E-state index contributed by atoms with van der Waals surface area (Å²) >= 11 is 5.88. The zero-order valence-corrected chi connectivity index (χ0v) is 7.32. The molecule has 2 rings (SSSR count). The third-order valence-corrected chi connectivity index (χ3v) is 1.79. The molecule has 13 heavy (non-hydrogen) atoms. The van der Waals surface area contributed by atoms with Crippen molar-refractivity contribution in [2.75, 3.05) is 5.73 Å². The maximum Gasteiger partial charge on any atom is 0.246 e. The summed E-state index contributed by atoms with van der Waals surface area (Å²) in [6.07, 6.45) is 4.50. The van der Waals surface area contributed by atoms with Gasteiger partial charge in [-0.2, -0.15) is 0 Å². The van der Waals surface area contributed by atoms with Crippen LogP contribution in [0.1, 0.15) is 0 Å². The Kier molecular flexibility index (Phi) is 1.90. The lowest BCUT2D eigenvalue weighted by Gasteiger charge is -1.98. The highest BCUT2D eigenvalue weighted by Crippen LogP contribution is 2.25. The number of nitrogens with zero attached hydrogens (tertiary/aromatic N) is 2. The average Bonchev–Trinajstić information content (AvgIpc) is 2.56. The Morgan fingerprint density at radius 1 is 1.38 bits per heavy atom. The van der Waals surface area contributed by atoms with E-state index in [2.05, 4.69) is 9.97 Å². The van der Waals surface area contributed by atoms with E-state index in [1.807, 2.05) is 0 Å². The van der Waals surface area contributed by atoms with Crippen LogP contribution in [0.15, 0.2) is 29.1 Å². The summed E-state index contributed by atoms with van der Waals surface area (Å²) in [5.74, 6) is 0.394. The lowest BCUT2D eigenvalue weighted by molar-refractivity contribution is 0.572. The molecule has 0 aliphatic rings. The molecule has 0 spiro atoms. The Hall–Kier alpha value is -1.55. The van der Waals surface area contributed by atoms with Gasteiger partial charge in [0.1, 0.15) is 12.0 Å². The first-order valence-electron chi connectivity index (χ1n) is 3.58. The summed E-state index contributed by atoms with van der Waals surface area (Å²) in [5.41, 5.74) is 6.50. The molecule has 2 N–H and O–H groups in total. The highest BCUT2D eigenvalue weighted by Gasteiger charge is 2.08. The van der Waals surface area contributed by atoms with E-state index in [0.29, 0.717) is 22.3 Å². The van der Waals surface area contributed by atoms with Gasteiger partial charge >= 0.3 is 0 Å². The minimum absolute atomic E-state index is 0.394. The third-order valence-electron chi connectivity index (χ3n) is 1.50. The number of pyridine rings is 1. The van der Waals surface area contributed by atoms with E-state index >= 15 is 0 Å². The fourth-order valence-electron chi connectivity index (χ4n) is 0.950. The van der Waals surface area contributed by atoms with Crippen molar-refractivity contribution in [3.8, 4) is 11.6 Å². The largest absolute Gasteiger partial charge is 0.443 e. The molecule has 0 aliphatic heterocycles. The standard InChI is InChI=1S/C8H6ClN3O/c9-6-3-5(10)4-12-7(6)8-11-1-2-13-8/h1-4H,10H2. The van der Waals surface area contributed by atoms with Crippen molar-refractivity contribution < 1.29 is 4.42 Å². The van der Waals surface area contributed by atoms with Crippen LogP contribution < -0.4 is 5.73 Å². The molecule has 0 amide bonds. The van der Waals surface area contributed by atoms with Gasteiger partial charge in [-0.05, 0) is 6.07 Å². The maximum atomic E-state index is 5.88. The maximum absolute atomic E-state index is 5.88. The van der Waals surface area contributed by atoms with Crippen LogP contribution in [0.2, 0.25) is 5.02 Å². The number of hydrogen-bond acceptors (Lipinski definition) is 4. The molecule has 2 heterocycles. The monoisotopic (exact) mass is 195 g/mol. The average molecular weight is 196 g/mol. The van der Waals surface area contributed by atoms with Crippen molar-refractivity contribution in [3.05, 3.63) is 29.7 Å². The van der Waals surface area contributed by atoms with E-state index in [1.165, 1.54) is 18.7 Å². The van der Waals surface area contributed by atoms with Crippen molar-refractivity contribution in [1.82, 2.24) is 9.97 Å². The molecular formula is C8H6ClN3O. The van der Waals surface area contributed by atoms with Crippen LogP contribution in [0.4, 0.5) is 5.69 Å². The van der Waals surface area contributed by atoms with Gasteiger partial charge in [0, 0.05) is 0 Å². The molecule has 0 unspecified atom stereocenters. The first-order chi connectivity index (χ1) is 6.27. The second-order valence-corrected chi connectivity index (χ2v) is 2.84. The highest BCUT2D eigenvalue weighted by atomic mass is 35.5.